The molecular weight excluding hydrogens is 455 g/mol. The van der Waals surface area contributed by atoms with Gasteiger partial charge < -0.3 is 19.9 Å². The van der Waals surface area contributed by atoms with Gasteiger partial charge in [-0.2, -0.15) is 0 Å². The molecule has 2 saturated heterocycles. The van der Waals surface area contributed by atoms with E-state index in [0.717, 1.165) is 70.6 Å². The number of hydrogen-bond acceptors (Lipinski definition) is 3. The van der Waals surface area contributed by atoms with Crippen molar-refractivity contribution in [2.75, 3.05) is 45.9 Å². The predicted octanol–water partition coefficient (Wildman–Crippen LogP) is 2.86. The van der Waals surface area contributed by atoms with Crippen LogP contribution in [0.1, 0.15) is 58.3 Å². The van der Waals surface area contributed by atoms with E-state index in [2.05, 4.69) is 17.1 Å². The van der Waals surface area contributed by atoms with Gasteiger partial charge in [-0.1, -0.05) is 32.1 Å². The molecule has 0 aromatic carbocycles. The third-order valence-electron chi connectivity index (χ3n) is 5.95. The molecule has 6 nitrogen and oxygen atoms in total. The minimum atomic E-state index is -0.195. The molecule has 1 N–H and O–H groups in total. The number of hydrogen-bond donors (Lipinski definition) is 1. The summed E-state index contributed by atoms with van der Waals surface area (Å²) in [4.78, 5) is 21.6. The van der Waals surface area contributed by atoms with Gasteiger partial charge >= 0.3 is 0 Å². The average Bonchev–Trinajstić information content (AvgIpc) is 3.23. The standard InChI is InChI=1S/C20H36N4O2.HI/c1-2-21-20(22-11-10-17-7-4-3-5-8-17)24-14-12-23(13-15-24)19(25)18-9-6-16-26-18;/h17-18H,2-16H2,1H3,(H,21,22);1H. The third-order valence-corrected chi connectivity index (χ3v) is 5.95. The SMILES string of the molecule is CCNC(=NCCC1CCCCC1)N1CCN(C(=O)C2CCCO2)CC1.I. The smallest absolute Gasteiger partial charge is 0.251 e. The molecule has 2 heterocycles. The van der Waals surface area contributed by atoms with E-state index in [9.17, 15) is 4.79 Å². The van der Waals surface area contributed by atoms with Crippen LogP contribution in [0.25, 0.3) is 0 Å². The second kappa shape index (κ2) is 12.1. The van der Waals surface area contributed by atoms with Crippen molar-refractivity contribution in [3.63, 3.8) is 0 Å². The number of rotatable bonds is 5. The lowest BCUT2D eigenvalue weighted by atomic mass is 9.87. The molecule has 0 spiro atoms. The van der Waals surface area contributed by atoms with Crippen LogP contribution in [-0.2, 0) is 9.53 Å². The van der Waals surface area contributed by atoms with E-state index in [1.54, 1.807) is 0 Å². The summed E-state index contributed by atoms with van der Waals surface area (Å²) in [6.45, 7) is 7.90. The molecule has 156 valence electrons. The lowest BCUT2D eigenvalue weighted by molar-refractivity contribution is -0.142. The Balaban J connectivity index is 0.00000261. The van der Waals surface area contributed by atoms with Crippen molar-refractivity contribution in [3.8, 4) is 0 Å². The minimum absolute atomic E-state index is 0. The fraction of sp³-hybridized carbons (Fsp3) is 0.900. The molecule has 1 atom stereocenters. The summed E-state index contributed by atoms with van der Waals surface area (Å²) in [5, 5.41) is 3.44. The first-order chi connectivity index (χ1) is 12.8. The van der Waals surface area contributed by atoms with Crippen LogP contribution >= 0.6 is 24.0 Å². The maximum Gasteiger partial charge on any atom is 0.251 e. The van der Waals surface area contributed by atoms with E-state index in [4.69, 9.17) is 9.73 Å². The number of guanidine groups is 1. The average molecular weight is 492 g/mol. The van der Waals surface area contributed by atoms with Crippen LogP contribution in [0, 0.1) is 5.92 Å². The normalized spacial score (nSPS) is 24.6. The number of carbonyl (C=O) groups excluding carboxylic acids is 1. The summed E-state index contributed by atoms with van der Waals surface area (Å²) in [7, 11) is 0. The van der Waals surface area contributed by atoms with Crippen LogP contribution in [0.4, 0.5) is 0 Å². The predicted molar refractivity (Wildman–Crippen MR) is 120 cm³/mol. The Kier molecular flexibility index (Phi) is 10.2. The van der Waals surface area contributed by atoms with Crippen molar-refractivity contribution in [1.29, 1.82) is 0 Å². The van der Waals surface area contributed by atoms with Crippen molar-refractivity contribution in [3.05, 3.63) is 0 Å². The van der Waals surface area contributed by atoms with E-state index < -0.39 is 0 Å². The maximum atomic E-state index is 12.5. The van der Waals surface area contributed by atoms with E-state index in [-0.39, 0.29) is 36.0 Å². The van der Waals surface area contributed by atoms with E-state index in [0.29, 0.717) is 0 Å². The molecule has 27 heavy (non-hydrogen) atoms. The number of halogens is 1. The second-order valence-electron chi connectivity index (χ2n) is 7.84. The quantitative estimate of drug-likeness (QED) is 0.365. The monoisotopic (exact) mass is 492 g/mol. The summed E-state index contributed by atoms with van der Waals surface area (Å²) in [6.07, 6.45) is 9.89. The molecule has 1 aliphatic carbocycles. The largest absolute Gasteiger partial charge is 0.368 e. The Bertz CT molecular complexity index is 469. The zero-order valence-electron chi connectivity index (χ0n) is 16.8. The zero-order valence-corrected chi connectivity index (χ0v) is 19.2. The van der Waals surface area contributed by atoms with E-state index in [1.165, 1.54) is 38.5 Å². The van der Waals surface area contributed by atoms with Crippen LogP contribution in [0.2, 0.25) is 0 Å². The van der Waals surface area contributed by atoms with Crippen LogP contribution < -0.4 is 5.32 Å². The lowest BCUT2D eigenvalue weighted by Crippen LogP contribution is -2.55. The molecule has 0 bridgehead atoms. The van der Waals surface area contributed by atoms with Gasteiger partial charge in [0, 0.05) is 45.9 Å². The van der Waals surface area contributed by atoms with Crippen LogP contribution in [0.3, 0.4) is 0 Å². The second-order valence-corrected chi connectivity index (χ2v) is 7.84. The molecule has 3 rings (SSSR count). The molecule has 1 unspecified atom stereocenters. The fourth-order valence-electron chi connectivity index (χ4n) is 4.37. The van der Waals surface area contributed by atoms with Crippen molar-refractivity contribution in [1.82, 2.24) is 15.1 Å². The van der Waals surface area contributed by atoms with E-state index >= 15 is 0 Å². The summed E-state index contributed by atoms with van der Waals surface area (Å²) in [5.41, 5.74) is 0. The van der Waals surface area contributed by atoms with Gasteiger partial charge in [-0.15, -0.1) is 24.0 Å². The Hall–Kier alpha value is -0.570. The Morgan fingerprint density at radius 3 is 2.37 bits per heavy atom. The fourth-order valence-corrected chi connectivity index (χ4v) is 4.37. The maximum absolute atomic E-state index is 12.5. The van der Waals surface area contributed by atoms with Gasteiger partial charge in [0.2, 0.25) is 0 Å². The Morgan fingerprint density at radius 1 is 1.04 bits per heavy atom. The molecule has 2 aliphatic heterocycles. The van der Waals surface area contributed by atoms with Crippen LogP contribution in [0.15, 0.2) is 4.99 Å². The van der Waals surface area contributed by atoms with Gasteiger partial charge in [-0.25, -0.2) is 0 Å². The highest BCUT2D eigenvalue weighted by atomic mass is 127. The minimum Gasteiger partial charge on any atom is -0.368 e. The zero-order chi connectivity index (χ0) is 18.2. The van der Waals surface area contributed by atoms with Crippen LogP contribution in [-0.4, -0.2) is 73.6 Å². The molecule has 3 aliphatic rings. The molecule has 0 radical (unpaired) electrons. The molecule has 0 aromatic rings. The highest BCUT2D eigenvalue weighted by molar-refractivity contribution is 14.0. The highest BCUT2D eigenvalue weighted by Gasteiger charge is 2.30. The summed E-state index contributed by atoms with van der Waals surface area (Å²) < 4.78 is 5.55. The molecule has 7 heteroatoms. The Morgan fingerprint density at radius 2 is 1.74 bits per heavy atom. The lowest BCUT2D eigenvalue weighted by Gasteiger charge is -2.37. The number of carbonyl (C=O) groups is 1. The first-order valence-electron chi connectivity index (χ1n) is 10.7. The van der Waals surface area contributed by atoms with Gasteiger partial charge in [0.05, 0.1) is 0 Å². The number of amides is 1. The van der Waals surface area contributed by atoms with Gasteiger partial charge in [-0.3, -0.25) is 9.79 Å². The molecular formula is C20H37IN4O2. The van der Waals surface area contributed by atoms with Crippen molar-refractivity contribution in [2.45, 2.75) is 64.4 Å². The first-order valence-corrected chi connectivity index (χ1v) is 10.7. The number of nitrogens with zero attached hydrogens (tertiary/aromatic N) is 3. The van der Waals surface area contributed by atoms with Gasteiger partial charge in [0.1, 0.15) is 6.10 Å². The molecule has 3 fully saturated rings. The van der Waals surface area contributed by atoms with E-state index in [1.807, 2.05) is 4.90 Å². The first kappa shape index (κ1) is 22.7. The third kappa shape index (κ3) is 6.76. The van der Waals surface area contributed by atoms with Crippen molar-refractivity contribution >= 4 is 35.8 Å². The van der Waals surface area contributed by atoms with Crippen LogP contribution in [0.5, 0.6) is 0 Å². The number of aliphatic imine (C=N–C) groups is 1. The van der Waals surface area contributed by atoms with Gasteiger partial charge in [-0.05, 0) is 32.1 Å². The number of ether oxygens (including phenoxy) is 1. The summed E-state index contributed by atoms with van der Waals surface area (Å²) in [5.74, 6) is 2.07. The van der Waals surface area contributed by atoms with Gasteiger partial charge in [0.25, 0.3) is 5.91 Å². The highest BCUT2D eigenvalue weighted by Crippen LogP contribution is 2.26. The summed E-state index contributed by atoms with van der Waals surface area (Å²) in [6, 6.07) is 0. The van der Waals surface area contributed by atoms with Crippen molar-refractivity contribution in [2.24, 2.45) is 10.9 Å². The number of piperazine rings is 1. The van der Waals surface area contributed by atoms with Gasteiger partial charge in [0.15, 0.2) is 5.96 Å². The van der Waals surface area contributed by atoms with Crippen molar-refractivity contribution < 1.29 is 9.53 Å². The number of nitrogens with one attached hydrogen (secondary N) is 1. The Labute approximate surface area is 181 Å². The molecule has 1 saturated carbocycles. The summed E-state index contributed by atoms with van der Waals surface area (Å²) >= 11 is 0. The molecule has 0 aromatic heterocycles. The molecule has 1 amide bonds. The topological polar surface area (TPSA) is 57.2 Å².